The van der Waals surface area contributed by atoms with Crippen LogP contribution in [0.1, 0.15) is 31.9 Å². The monoisotopic (exact) mass is 519 g/mol. The number of anilines is 3. The van der Waals surface area contributed by atoms with Crippen molar-refractivity contribution in [1.29, 1.82) is 10.5 Å². The van der Waals surface area contributed by atoms with E-state index in [-0.39, 0.29) is 30.3 Å². The third kappa shape index (κ3) is 7.92. The van der Waals surface area contributed by atoms with Crippen LogP contribution in [0.15, 0.2) is 90.0 Å². The van der Waals surface area contributed by atoms with E-state index in [9.17, 15) is 20.1 Å². The first-order chi connectivity index (χ1) is 18.9. The SMILES string of the molecule is CCOC(=O)C(C#N)=Cc1ccc(N(c2ccccc2)c2ccc(C=C(C#N)C(=O)OCC(C)C)cc2)cc1. The molecule has 0 N–H and O–H groups in total. The van der Waals surface area contributed by atoms with Crippen LogP contribution in [0.2, 0.25) is 0 Å². The Morgan fingerprint density at radius 2 is 1.18 bits per heavy atom. The quantitative estimate of drug-likeness (QED) is 0.166. The Balaban J connectivity index is 1.92. The largest absolute Gasteiger partial charge is 0.462 e. The number of ether oxygens (including phenoxy) is 2. The lowest BCUT2D eigenvalue weighted by molar-refractivity contribution is -0.139. The highest BCUT2D eigenvalue weighted by atomic mass is 16.5. The number of carbonyl (C=O) groups is 2. The van der Waals surface area contributed by atoms with E-state index in [1.165, 1.54) is 12.2 Å². The van der Waals surface area contributed by atoms with Gasteiger partial charge >= 0.3 is 11.9 Å². The molecule has 0 heterocycles. The third-order valence-corrected chi connectivity index (χ3v) is 5.44. The van der Waals surface area contributed by atoms with E-state index in [2.05, 4.69) is 0 Å². The van der Waals surface area contributed by atoms with E-state index in [4.69, 9.17) is 9.47 Å². The number of rotatable bonds is 10. The number of carbonyl (C=O) groups excluding carboxylic acids is 2. The Morgan fingerprint density at radius 1 is 0.744 bits per heavy atom. The summed E-state index contributed by atoms with van der Waals surface area (Å²) >= 11 is 0. The van der Waals surface area contributed by atoms with Crippen molar-refractivity contribution in [3.63, 3.8) is 0 Å². The zero-order chi connectivity index (χ0) is 28.2. The summed E-state index contributed by atoms with van der Waals surface area (Å²) in [5.74, 6) is -1.12. The third-order valence-electron chi connectivity index (χ3n) is 5.44. The second-order valence-corrected chi connectivity index (χ2v) is 8.91. The maximum absolute atomic E-state index is 12.2. The summed E-state index contributed by atoms with van der Waals surface area (Å²) in [5.41, 5.74) is 3.87. The summed E-state index contributed by atoms with van der Waals surface area (Å²) in [5, 5.41) is 18.8. The standard InChI is InChI=1S/C32H29N3O4/c1-4-38-31(36)26(20-33)18-24-10-14-29(15-11-24)35(28-8-6-5-7-9-28)30-16-12-25(13-17-30)19-27(21-34)32(37)39-22-23(2)3/h5-19,23H,4,22H2,1-3H3. The van der Waals surface area contributed by atoms with Crippen LogP contribution in [0.4, 0.5) is 17.1 Å². The lowest BCUT2D eigenvalue weighted by Crippen LogP contribution is -2.11. The molecule has 0 fully saturated rings. The number of nitrogens with zero attached hydrogens (tertiary/aromatic N) is 3. The molecule has 0 bridgehead atoms. The highest BCUT2D eigenvalue weighted by Crippen LogP contribution is 2.34. The fourth-order valence-electron chi connectivity index (χ4n) is 3.60. The highest BCUT2D eigenvalue weighted by molar-refractivity contribution is 5.98. The van der Waals surface area contributed by atoms with Gasteiger partial charge in [0.25, 0.3) is 0 Å². The zero-order valence-electron chi connectivity index (χ0n) is 22.1. The van der Waals surface area contributed by atoms with Crippen molar-refractivity contribution in [1.82, 2.24) is 0 Å². The Kier molecular flexibility index (Phi) is 10.2. The second-order valence-electron chi connectivity index (χ2n) is 8.91. The summed E-state index contributed by atoms with van der Waals surface area (Å²) in [6.45, 7) is 5.98. The molecule has 0 aliphatic heterocycles. The van der Waals surface area contributed by atoms with Gasteiger partial charge in [-0.25, -0.2) is 9.59 Å². The average molecular weight is 520 g/mol. The summed E-state index contributed by atoms with van der Waals surface area (Å²) in [6.07, 6.45) is 3.01. The van der Waals surface area contributed by atoms with E-state index in [1.54, 1.807) is 6.92 Å². The van der Waals surface area contributed by atoms with Gasteiger partial charge < -0.3 is 14.4 Å². The van der Waals surface area contributed by atoms with E-state index in [0.29, 0.717) is 11.1 Å². The molecular weight excluding hydrogens is 490 g/mol. The first-order valence-electron chi connectivity index (χ1n) is 12.5. The van der Waals surface area contributed by atoms with E-state index < -0.39 is 11.9 Å². The number of benzene rings is 3. The Hall–Kier alpha value is -5.14. The minimum Gasteiger partial charge on any atom is -0.462 e. The van der Waals surface area contributed by atoms with Gasteiger partial charge in [-0.1, -0.05) is 56.3 Å². The molecule has 7 heteroatoms. The number of hydrogen-bond donors (Lipinski definition) is 0. The summed E-state index contributed by atoms with van der Waals surface area (Å²) in [7, 11) is 0. The smallest absolute Gasteiger partial charge is 0.348 e. The molecule has 0 atom stereocenters. The van der Waals surface area contributed by atoms with Crippen LogP contribution in [0.3, 0.4) is 0 Å². The van der Waals surface area contributed by atoms with Gasteiger partial charge in [-0.15, -0.1) is 0 Å². The van der Waals surface area contributed by atoms with Crippen LogP contribution in [-0.4, -0.2) is 25.2 Å². The molecule has 0 saturated carbocycles. The molecular formula is C32H29N3O4. The van der Waals surface area contributed by atoms with Crippen molar-refractivity contribution < 1.29 is 19.1 Å². The van der Waals surface area contributed by atoms with E-state index >= 15 is 0 Å². The lowest BCUT2D eigenvalue weighted by atomic mass is 10.1. The molecule has 3 rings (SSSR count). The molecule has 3 aromatic rings. The summed E-state index contributed by atoms with van der Waals surface area (Å²) in [6, 6.07) is 28.5. The van der Waals surface area contributed by atoms with Gasteiger partial charge in [0.15, 0.2) is 0 Å². The fourth-order valence-corrected chi connectivity index (χ4v) is 3.60. The van der Waals surface area contributed by atoms with Gasteiger partial charge in [0.2, 0.25) is 0 Å². The Bertz CT molecular complexity index is 1430. The molecule has 7 nitrogen and oxygen atoms in total. The molecule has 0 saturated heterocycles. The Morgan fingerprint density at radius 3 is 1.59 bits per heavy atom. The van der Waals surface area contributed by atoms with Crippen molar-refractivity contribution in [2.75, 3.05) is 18.1 Å². The maximum atomic E-state index is 12.2. The fraction of sp³-hybridized carbons (Fsp3) is 0.188. The van der Waals surface area contributed by atoms with Gasteiger partial charge in [-0.05, 0) is 72.5 Å². The lowest BCUT2D eigenvalue weighted by Gasteiger charge is -2.25. The van der Waals surface area contributed by atoms with E-state index in [0.717, 1.165) is 17.1 Å². The number of esters is 2. The van der Waals surface area contributed by atoms with Crippen LogP contribution < -0.4 is 4.90 Å². The predicted molar refractivity (Wildman–Crippen MR) is 151 cm³/mol. The molecule has 196 valence electrons. The minimum absolute atomic E-state index is 0.0634. The first kappa shape index (κ1) is 28.4. The molecule has 0 spiro atoms. The van der Waals surface area contributed by atoms with Crippen molar-refractivity contribution in [3.8, 4) is 12.1 Å². The molecule has 0 aromatic heterocycles. The average Bonchev–Trinajstić information content (AvgIpc) is 2.95. The van der Waals surface area contributed by atoms with Gasteiger partial charge in [0.1, 0.15) is 23.3 Å². The van der Waals surface area contributed by atoms with Crippen LogP contribution in [0.5, 0.6) is 0 Å². The van der Waals surface area contributed by atoms with Crippen LogP contribution >= 0.6 is 0 Å². The highest BCUT2D eigenvalue weighted by Gasteiger charge is 2.15. The van der Waals surface area contributed by atoms with Crippen molar-refractivity contribution in [2.24, 2.45) is 5.92 Å². The minimum atomic E-state index is -0.656. The number of hydrogen-bond acceptors (Lipinski definition) is 7. The van der Waals surface area contributed by atoms with Gasteiger partial charge in [-0.3, -0.25) is 0 Å². The second kappa shape index (κ2) is 14.0. The summed E-state index contributed by atoms with van der Waals surface area (Å²) < 4.78 is 10.1. The van der Waals surface area contributed by atoms with Crippen LogP contribution in [0.25, 0.3) is 12.2 Å². The molecule has 0 radical (unpaired) electrons. The molecule has 0 unspecified atom stereocenters. The van der Waals surface area contributed by atoms with Crippen molar-refractivity contribution in [3.05, 3.63) is 101 Å². The molecule has 0 aliphatic carbocycles. The van der Waals surface area contributed by atoms with Gasteiger partial charge in [0, 0.05) is 17.1 Å². The summed E-state index contributed by atoms with van der Waals surface area (Å²) in [4.78, 5) is 26.2. The van der Waals surface area contributed by atoms with Crippen LogP contribution in [-0.2, 0) is 19.1 Å². The molecule has 3 aromatic carbocycles. The van der Waals surface area contributed by atoms with Crippen molar-refractivity contribution in [2.45, 2.75) is 20.8 Å². The zero-order valence-corrected chi connectivity index (χ0v) is 22.1. The number of nitriles is 2. The van der Waals surface area contributed by atoms with Crippen molar-refractivity contribution >= 4 is 41.2 Å². The topological polar surface area (TPSA) is 103 Å². The maximum Gasteiger partial charge on any atom is 0.348 e. The normalized spacial score (nSPS) is 11.3. The number of para-hydroxylation sites is 1. The Labute approximate surface area is 228 Å². The molecule has 0 amide bonds. The van der Waals surface area contributed by atoms with Gasteiger partial charge in [-0.2, -0.15) is 10.5 Å². The first-order valence-corrected chi connectivity index (χ1v) is 12.5. The molecule has 39 heavy (non-hydrogen) atoms. The van der Waals surface area contributed by atoms with Crippen LogP contribution in [0, 0.1) is 28.6 Å². The molecule has 0 aliphatic rings. The predicted octanol–water partition coefficient (Wildman–Crippen LogP) is 6.73. The van der Waals surface area contributed by atoms with Gasteiger partial charge in [0.05, 0.1) is 13.2 Å². The van der Waals surface area contributed by atoms with E-state index in [1.807, 2.05) is 110 Å².